The number of hydrogen-bond acceptors (Lipinski definition) is 4. The van der Waals surface area contributed by atoms with Crippen molar-refractivity contribution in [2.45, 2.75) is 70.3 Å². The normalized spacial score (nSPS) is 26.2. The minimum absolute atomic E-state index is 0.320. The highest BCUT2D eigenvalue weighted by molar-refractivity contribution is 4.96. The van der Waals surface area contributed by atoms with E-state index in [4.69, 9.17) is 4.52 Å². The van der Waals surface area contributed by atoms with Crippen molar-refractivity contribution in [3.8, 4) is 0 Å². The van der Waals surface area contributed by atoms with Gasteiger partial charge in [0.2, 0.25) is 5.89 Å². The molecule has 1 saturated carbocycles. The highest BCUT2D eigenvalue weighted by atomic mass is 16.5. The molecule has 1 aromatic heterocycles. The van der Waals surface area contributed by atoms with Crippen molar-refractivity contribution in [1.82, 2.24) is 15.5 Å². The van der Waals surface area contributed by atoms with E-state index in [1.807, 2.05) is 0 Å². The fourth-order valence-corrected chi connectivity index (χ4v) is 3.38. The molecule has 4 heteroatoms. The van der Waals surface area contributed by atoms with Crippen LogP contribution in [0.5, 0.6) is 0 Å². The quantitative estimate of drug-likeness (QED) is 0.849. The number of piperidine rings is 1. The smallest absolute Gasteiger partial charge is 0.226 e. The molecule has 4 nitrogen and oxygen atoms in total. The molecule has 0 bridgehead atoms. The number of hydrogen-bond donors (Lipinski definition) is 1. The monoisotopic (exact) mass is 263 g/mol. The van der Waals surface area contributed by atoms with E-state index < -0.39 is 0 Å². The zero-order chi connectivity index (χ0) is 12.9. The van der Waals surface area contributed by atoms with Crippen LogP contribution in [0.1, 0.15) is 75.5 Å². The van der Waals surface area contributed by atoms with Gasteiger partial charge < -0.3 is 9.84 Å². The Morgan fingerprint density at radius 2 is 1.79 bits per heavy atom. The summed E-state index contributed by atoms with van der Waals surface area (Å²) < 4.78 is 5.46. The van der Waals surface area contributed by atoms with E-state index >= 15 is 0 Å². The van der Waals surface area contributed by atoms with E-state index in [2.05, 4.69) is 15.5 Å². The van der Waals surface area contributed by atoms with E-state index in [0.717, 1.165) is 37.0 Å². The molecule has 3 rings (SSSR count). The molecule has 19 heavy (non-hydrogen) atoms. The van der Waals surface area contributed by atoms with E-state index in [0.29, 0.717) is 6.04 Å². The van der Waals surface area contributed by atoms with Gasteiger partial charge in [-0.25, -0.2) is 0 Å². The van der Waals surface area contributed by atoms with E-state index in [1.54, 1.807) is 0 Å². The molecule has 1 N–H and O–H groups in total. The van der Waals surface area contributed by atoms with Gasteiger partial charge in [0.05, 0.1) is 6.04 Å². The van der Waals surface area contributed by atoms with Gasteiger partial charge in [0.15, 0.2) is 5.82 Å². The minimum atomic E-state index is 0.320. The zero-order valence-corrected chi connectivity index (χ0v) is 11.7. The molecule has 2 aliphatic rings. The van der Waals surface area contributed by atoms with Gasteiger partial charge in [-0.05, 0) is 38.1 Å². The van der Waals surface area contributed by atoms with Gasteiger partial charge in [-0.15, -0.1) is 0 Å². The van der Waals surface area contributed by atoms with E-state index in [1.165, 1.54) is 51.4 Å². The van der Waals surface area contributed by atoms with Gasteiger partial charge in [-0.1, -0.05) is 37.3 Å². The fraction of sp³-hybridized carbons (Fsp3) is 0.867. The van der Waals surface area contributed by atoms with Crippen molar-refractivity contribution in [1.29, 1.82) is 0 Å². The van der Waals surface area contributed by atoms with Crippen molar-refractivity contribution >= 4 is 0 Å². The third-order valence-corrected chi connectivity index (χ3v) is 4.54. The summed E-state index contributed by atoms with van der Waals surface area (Å²) in [6.45, 7) is 1.08. The summed E-state index contributed by atoms with van der Waals surface area (Å²) in [5.74, 6) is 2.49. The van der Waals surface area contributed by atoms with Crippen LogP contribution in [-0.4, -0.2) is 16.7 Å². The van der Waals surface area contributed by atoms with Crippen molar-refractivity contribution in [3.63, 3.8) is 0 Å². The van der Waals surface area contributed by atoms with Crippen LogP contribution >= 0.6 is 0 Å². The van der Waals surface area contributed by atoms with Crippen LogP contribution < -0.4 is 5.32 Å². The van der Waals surface area contributed by atoms with Crippen molar-refractivity contribution in [2.75, 3.05) is 6.54 Å². The third-order valence-electron chi connectivity index (χ3n) is 4.54. The number of nitrogens with zero attached hydrogens (tertiary/aromatic N) is 2. The fourth-order valence-electron chi connectivity index (χ4n) is 3.38. The molecule has 106 valence electrons. The molecule has 0 amide bonds. The highest BCUT2D eigenvalue weighted by Crippen LogP contribution is 2.26. The summed E-state index contributed by atoms with van der Waals surface area (Å²) in [5.41, 5.74) is 0. The van der Waals surface area contributed by atoms with Crippen LogP contribution in [0.25, 0.3) is 0 Å². The molecule has 1 unspecified atom stereocenters. The second-order valence-electron chi connectivity index (χ2n) is 6.11. The average molecular weight is 263 g/mol. The molecule has 1 aromatic rings. The highest BCUT2D eigenvalue weighted by Gasteiger charge is 2.22. The van der Waals surface area contributed by atoms with Crippen LogP contribution in [0.3, 0.4) is 0 Å². The molecule has 0 aromatic carbocycles. The van der Waals surface area contributed by atoms with Crippen LogP contribution in [0.2, 0.25) is 0 Å². The average Bonchev–Trinajstić information content (AvgIpc) is 2.76. The summed E-state index contributed by atoms with van der Waals surface area (Å²) in [7, 11) is 0. The van der Waals surface area contributed by atoms with Gasteiger partial charge in [-0.3, -0.25) is 0 Å². The summed E-state index contributed by atoms with van der Waals surface area (Å²) >= 11 is 0. The lowest BCUT2D eigenvalue weighted by atomic mass is 9.97. The first kappa shape index (κ1) is 13.1. The lowest BCUT2D eigenvalue weighted by Crippen LogP contribution is -2.27. The van der Waals surface area contributed by atoms with Crippen molar-refractivity contribution in [3.05, 3.63) is 11.7 Å². The lowest BCUT2D eigenvalue weighted by Gasteiger charge is -2.19. The zero-order valence-electron chi connectivity index (χ0n) is 11.7. The van der Waals surface area contributed by atoms with Crippen LogP contribution in [0.15, 0.2) is 4.52 Å². The Morgan fingerprint density at radius 1 is 1.00 bits per heavy atom. The molecule has 2 fully saturated rings. The first-order valence-corrected chi connectivity index (χ1v) is 7.97. The van der Waals surface area contributed by atoms with Gasteiger partial charge in [-0.2, -0.15) is 4.98 Å². The SMILES string of the molecule is C1CCCC(Cc2nc(C3CCCCN3)no2)CC1. The third kappa shape index (κ3) is 3.56. The van der Waals surface area contributed by atoms with Crippen molar-refractivity contribution in [2.24, 2.45) is 5.92 Å². The topological polar surface area (TPSA) is 51.0 Å². The Bertz CT molecular complexity index is 376. The summed E-state index contributed by atoms with van der Waals surface area (Å²) in [5, 5.41) is 7.66. The standard InChI is InChI=1S/C15H25N3O/c1-2-4-8-12(7-3-1)11-14-17-15(18-19-14)13-9-5-6-10-16-13/h12-13,16H,1-11H2. The maximum Gasteiger partial charge on any atom is 0.226 e. The second kappa shape index (κ2) is 6.51. The van der Waals surface area contributed by atoms with Gasteiger partial charge in [0, 0.05) is 6.42 Å². The Hall–Kier alpha value is -0.900. The minimum Gasteiger partial charge on any atom is -0.339 e. The maximum absolute atomic E-state index is 5.46. The van der Waals surface area contributed by atoms with Gasteiger partial charge in [0.25, 0.3) is 0 Å². The Labute approximate surface area is 115 Å². The van der Waals surface area contributed by atoms with Gasteiger partial charge in [0.1, 0.15) is 0 Å². The molecule has 0 spiro atoms. The number of aromatic nitrogens is 2. The summed E-state index contributed by atoms with van der Waals surface area (Å²) in [4.78, 5) is 4.62. The molecule has 2 heterocycles. The lowest BCUT2D eigenvalue weighted by molar-refractivity contribution is 0.326. The predicted octanol–water partition coefficient (Wildman–Crippen LogP) is 3.40. The molecule has 1 aliphatic heterocycles. The summed E-state index contributed by atoms with van der Waals surface area (Å²) in [6.07, 6.45) is 12.9. The number of rotatable bonds is 3. The molecule has 1 saturated heterocycles. The van der Waals surface area contributed by atoms with Crippen molar-refractivity contribution < 1.29 is 4.52 Å². The maximum atomic E-state index is 5.46. The first-order chi connectivity index (χ1) is 9.42. The largest absolute Gasteiger partial charge is 0.339 e. The second-order valence-corrected chi connectivity index (χ2v) is 6.11. The number of nitrogens with one attached hydrogen (secondary N) is 1. The predicted molar refractivity (Wildman–Crippen MR) is 73.8 cm³/mol. The van der Waals surface area contributed by atoms with Crippen LogP contribution in [0.4, 0.5) is 0 Å². The molecule has 1 aliphatic carbocycles. The van der Waals surface area contributed by atoms with E-state index in [-0.39, 0.29) is 0 Å². The Balaban J connectivity index is 1.57. The first-order valence-electron chi connectivity index (χ1n) is 7.97. The molecular weight excluding hydrogens is 238 g/mol. The molecule has 0 radical (unpaired) electrons. The van der Waals surface area contributed by atoms with Gasteiger partial charge >= 0.3 is 0 Å². The van der Waals surface area contributed by atoms with Crippen LogP contribution in [0, 0.1) is 5.92 Å². The molecular formula is C15H25N3O. The Morgan fingerprint density at radius 3 is 2.53 bits per heavy atom. The summed E-state index contributed by atoms with van der Waals surface area (Å²) in [6, 6.07) is 0.320. The van der Waals surface area contributed by atoms with Crippen LogP contribution in [-0.2, 0) is 6.42 Å². The van der Waals surface area contributed by atoms with E-state index in [9.17, 15) is 0 Å². The Kier molecular flexibility index (Phi) is 4.49. The molecule has 1 atom stereocenters.